The quantitative estimate of drug-likeness (QED) is 0.766. The Kier molecular flexibility index (Phi) is 2.49. The molecule has 2 atom stereocenters. The fourth-order valence-corrected chi connectivity index (χ4v) is 2.02. The second kappa shape index (κ2) is 3.66. The first-order valence-electron chi connectivity index (χ1n) is 5.16. The third-order valence-electron chi connectivity index (χ3n) is 3.02. The molecule has 0 aromatic heterocycles. The zero-order valence-corrected chi connectivity index (χ0v) is 8.73. The minimum absolute atomic E-state index is 0.0208. The number of nitrogens with one attached hydrogen (secondary N) is 1. The van der Waals surface area contributed by atoms with Crippen molar-refractivity contribution in [1.82, 2.24) is 5.32 Å². The van der Waals surface area contributed by atoms with Crippen LogP contribution in [-0.4, -0.2) is 16.6 Å². The first kappa shape index (κ1) is 10.2. The maximum Gasteiger partial charge on any atom is 0.220 e. The van der Waals surface area contributed by atoms with Gasteiger partial charge in [0.15, 0.2) is 0 Å². The number of rotatable bonds is 2. The van der Waals surface area contributed by atoms with Crippen molar-refractivity contribution in [3.05, 3.63) is 35.9 Å². The summed E-state index contributed by atoms with van der Waals surface area (Å²) in [7, 11) is 0. The van der Waals surface area contributed by atoms with E-state index in [1.165, 1.54) is 0 Å². The second-order valence-electron chi connectivity index (χ2n) is 4.28. The Morgan fingerprint density at radius 3 is 2.60 bits per heavy atom. The molecule has 1 aromatic carbocycles. The van der Waals surface area contributed by atoms with Gasteiger partial charge in [0, 0.05) is 6.42 Å². The number of carbonyl (C=O) groups is 1. The minimum atomic E-state index is -0.634. The van der Waals surface area contributed by atoms with Crippen LogP contribution in [0.15, 0.2) is 30.3 Å². The van der Waals surface area contributed by atoms with Crippen molar-refractivity contribution in [1.29, 1.82) is 0 Å². The monoisotopic (exact) mass is 205 g/mol. The Bertz CT molecular complexity index is 363. The lowest BCUT2D eigenvalue weighted by Crippen LogP contribution is -2.44. The van der Waals surface area contributed by atoms with E-state index in [9.17, 15) is 9.90 Å². The van der Waals surface area contributed by atoms with Crippen LogP contribution in [0.5, 0.6) is 0 Å². The number of benzene rings is 1. The molecule has 2 N–H and O–H groups in total. The van der Waals surface area contributed by atoms with Crippen molar-refractivity contribution in [2.45, 2.75) is 31.4 Å². The molecule has 0 saturated carbocycles. The highest BCUT2D eigenvalue weighted by atomic mass is 16.3. The fraction of sp³-hybridized carbons (Fsp3) is 0.417. The summed E-state index contributed by atoms with van der Waals surface area (Å²) in [4.78, 5) is 11.2. The largest absolute Gasteiger partial charge is 0.386 e. The second-order valence-corrected chi connectivity index (χ2v) is 4.28. The van der Waals surface area contributed by atoms with Crippen LogP contribution < -0.4 is 5.32 Å². The van der Waals surface area contributed by atoms with Gasteiger partial charge in [-0.15, -0.1) is 0 Å². The zero-order chi connectivity index (χ0) is 10.9. The first-order chi connectivity index (χ1) is 7.12. The molecule has 15 heavy (non-hydrogen) atoms. The molecular weight excluding hydrogens is 190 g/mol. The van der Waals surface area contributed by atoms with Gasteiger partial charge in [0.05, 0.1) is 5.54 Å². The molecule has 80 valence electrons. The summed E-state index contributed by atoms with van der Waals surface area (Å²) in [6, 6.07) is 9.43. The van der Waals surface area contributed by atoms with Crippen molar-refractivity contribution in [3.8, 4) is 0 Å². The molecule has 1 aliphatic heterocycles. The Balaban J connectivity index is 2.21. The predicted octanol–water partition coefficient (Wildman–Crippen LogP) is 1.39. The van der Waals surface area contributed by atoms with Crippen LogP contribution in [0.3, 0.4) is 0 Å². The summed E-state index contributed by atoms with van der Waals surface area (Å²) in [5.41, 5.74) is 0.334. The van der Waals surface area contributed by atoms with Crippen LogP contribution in [0.25, 0.3) is 0 Å². The van der Waals surface area contributed by atoms with Gasteiger partial charge in [-0.25, -0.2) is 0 Å². The molecule has 0 spiro atoms. The van der Waals surface area contributed by atoms with Gasteiger partial charge in [-0.05, 0) is 18.9 Å². The van der Waals surface area contributed by atoms with Gasteiger partial charge in [0.25, 0.3) is 0 Å². The summed E-state index contributed by atoms with van der Waals surface area (Å²) in [5, 5.41) is 13.0. The molecule has 0 bridgehead atoms. The van der Waals surface area contributed by atoms with Gasteiger partial charge < -0.3 is 10.4 Å². The third-order valence-corrected chi connectivity index (χ3v) is 3.02. The van der Waals surface area contributed by atoms with E-state index in [1.54, 1.807) is 0 Å². The van der Waals surface area contributed by atoms with E-state index < -0.39 is 11.6 Å². The number of amides is 1. The summed E-state index contributed by atoms with van der Waals surface area (Å²) in [5.74, 6) is 0.0208. The highest BCUT2D eigenvalue weighted by molar-refractivity contribution is 5.79. The lowest BCUT2D eigenvalue weighted by atomic mass is 9.88. The van der Waals surface area contributed by atoms with E-state index in [1.807, 2.05) is 37.3 Å². The zero-order valence-electron chi connectivity index (χ0n) is 8.73. The Hall–Kier alpha value is -1.35. The molecule has 1 heterocycles. The molecule has 1 aliphatic rings. The smallest absolute Gasteiger partial charge is 0.220 e. The maximum absolute atomic E-state index is 11.2. The number of carbonyl (C=O) groups excluding carboxylic acids is 1. The lowest BCUT2D eigenvalue weighted by Gasteiger charge is -2.30. The molecular formula is C12H15NO2. The van der Waals surface area contributed by atoms with Crippen LogP contribution in [0.1, 0.15) is 31.4 Å². The van der Waals surface area contributed by atoms with E-state index >= 15 is 0 Å². The van der Waals surface area contributed by atoms with Gasteiger partial charge in [-0.1, -0.05) is 30.3 Å². The van der Waals surface area contributed by atoms with E-state index in [0.29, 0.717) is 12.8 Å². The molecule has 1 amide bonds. The van der Waals surface area contributed by atoms with Crippen LogP contribution in [0.4, 0.5) is 0 Å². The van der Waals surface area contributed by atoms with Crippen LogP contribution >= 0.6 is 0 Å². The third kappa shape index (κ3) is 1.88. The molecule has 2 rings (SSSR count). The number of aliphatic hydroxyl groups is 1. The van der Waals surface area contributed by atoms with Crippen molar-refractivity contribution in [3.63, 3.8) is 0 Å². The molecule has 0 radical (unpaired) electrons. The molecule has 0 unspecified atom stereocenters. The van der Waals surface area contributed by atoms with Gasteiger partial charge in [-0.3, -0.25) is 4.79 Å². The van der Waals surface area contributed by atoms with Crippen LogP contribution in [-0.2, 0) is 4.79 Å². The fourth-order valence-electron chi connectivity index (χ4n) is 2.02. The first-order valence-corrected chi connectivity index (χ1v) is 5.16. The van der Waals surface area contributed by atoms with Crippen LogP contribution in [0.2, 0.25) is 0 Å². The summed E-state index contributed by atoms with van der Waals surface area (Å²) < 4.78 is 0. The van der Waals surface area contributed by atoms with E-state index in [0.717, 1.165) is 5.56 Å². The summed E-state index contributed by atoms with van der Waals surface area (Å²) in [6.07, 6.45) is 0.549. The minimum Gasteiger partial charge on any atom is -0.386 e. The Morgan fingerprint density at radius 1 is 1.40 bits per heavy atom. The van der Waals surface area contributed by atoms with Gasteiger partial charge in [0.1, 0.15) is 6.10 Å². The molecule has 1 fully saturated rings. The maximum atomic E-state index is 11.2. The number of hydrogen-bond acceptors (Lipinski definition) is 2. The Labute approximate surface area is 89.1 Å². The van der Waals surface area contributed by atoms with Crippen molar-refractivity contribution < 1.29 is 9.90 Å². The van der Waals surface area contributed by atoms with Gasteiger partial charge >= 0.3 is 0 Å². The SMILES string of the molecule is C[C@]1([C@H](O)c2ccccc2)CCC(=O)N1. The van der Waals surface area contributed by atoms with Gasteiger partial charge in [0.2, 0.25) is 5.91 Å². The highest BCUT2D eigenvalue weighted by Gasteiger charge is 2.40. The van der Waals surface area contributed by atoms with E-state index in [4.69, 9.17) is 0 Å². The number of aliphatic hydroxyl groups excluding tert-OH is 1. The van der Waals surface area contributed by atoms with Crippen molar-refractivity contribution in [2.24, 2.45) is 0 Å². The molecule has 1 saturated heterocycles. The highest BCUT2D eigenvalue weighted by Crippen LogP contribution is 2.32. The van der Waals surface area contributed by atoms with Crippen LogP contribution in [0, 0.1) is 0 Å². The standard InChI is InChI=1S/C12H15NO2/c1-12(8-7-10(14)13-12)11(15)9-5-3-2-4-6-9/h2-6,11,15H,7-8H2,1H3,(H,13,14)/t11-,12-/m1/s1. The predicted molar refractivity (Wildman–Crippen MR) is 57.2 cm³/mol. The van der Waals surface area contributed by atoms with E-state index in [-0.39, 0.29) is 5.91 Å². The van der Waals surface area contributed by atoms with Crippen molar-refractivity contribution >= 4 is 5.91 Å². The average molecular weight is 205 g/mol. The Morgan fingerprint density at radius 2 is 2.07 bits per heavy atom. The van der Waals surface area contributed by atoms with E-state index in [2.05, 4.69) is 5.32 Å². The van der Waals surface area contributed by atoms with Gasteiger partial charge in [-0.2, -0.15) is 0 Å². The summed E-state index contributed by atoms with van der Waals surface area (Å²) in [6.45, 7) is 1.88. The molecule has 1 aromatic rings. The summed E-state index contributed by atoms with van der Waals surface area (Å²) >= 11 is 0. The van der Waals surface area contributed by atoms with Crippen molar-refractivity contribution in [2.75, 3.05) is 0 Å². The molecule has 3 heteroatoms. The average Bonchev–Trinajstić information content (AvgIpc) is 2.60. The lowest BCUT2D eigenvalue weighted by molar-refractivity contribution is -0.120. The topological polar surface area (TPSA) is 49.3 Å². The normalized spacial score (nSPS) is 27.5. The molecule has 3 nitrogen and oxygen atoms in total. The molecule has 0 aliphatic carbocycles. The number of hydrogen-bond donors (Lipinski definition) is 2.